The Balaban J connectivity index is 1.68. The van der Waals surface area contributed by atoms with Gasteiger partial charge in [-0.1, -0.05) is 54.8 Å². The molecule has 0 N–H and O–H groups in total. The van der Waals surface area contributed by atoms with Crippen molar-refractivity contribution < 1.29 is 14.3 Å². The van der Waals surface area contributed by atoms with Crippen molar-refractivity contribution in [3.05, 3.63) is 88.3 Å². The Kier molecular flexibility index (Phi) is 7.93. The fourth-order valence-corrected chi connectivity index (χ4v) is 4.57. The third kappa shape index (κ3) is 5.95. The number of unbranched alkanes of at least 4 members (excludes halogenated alkanes) is 1. The Morgan fingerprint density at radius 3 is 2.29 bits per heavy atom. The average molecular weight is 487 g/mol. The number of thioether (sulfide) groups is 1. The molecule has 0 radical (unpaired) electrons. The first-order valence-corrected chi connectivity index (χ1v) is 12.6. The van der Waals surface area contributed by atoms with Crippen LogP contribution in [0.25, 0.3) is 6.08 Å². The summed E-state index contributed by atoms with van der Waals surface area (Å²) < 4.78 is 11.4. The number of amidine groups is 1. The molecular formula is C29H30N2O3S. The van der Waals surface area contributed by atoms with E-state index in [1.54, 1.807) is 12.0 Å². The zero-order valence-electron chi connectivity index (χ0n) is 20.6. The molecular weight excluding hydrogens is 456 g/mol. The van der Waals surface area contributed by atoms with Gasteiger partial charge in [0, 0.05) is 0 Å². The molecule has 0 spiro atoms. The van der Waals surface area contributed by atoms with E-state index in [0.717, 1.165) is 40.9 Å². The highest BCUT2D eigenvalue weighted by Gasteiger charge is 2.34. The second kappa shape index (κ2) is 11.3. The molecule has 0 unspecified atom stereocenters. The highest BCUT2D eigenvalue weighted by molar-refractivity contribution is 8.19. The first-order valence-electron chi connectivity index (χ1n) is 11.8. The monoisotopic (exact) mass is 486 g/mol. The molecule has 1 fully saturated rings. The zero-order chi connectivity index (χ0) is 24.8. The third-order valence-corrected chi connectivity index (χ3v) is 6.57. The van der Waals surface area contributed by atoms with E-state index in [-0.39, 0.29) is 5.91 Å². The maximum atomic E-state index is 13.5. The number of hydrogen-bond donors (Lipinski definition) is 0. The van der Waals surface area contributed by atoms with E-state index in [4.69, 9.17) is 14.5 Å². The van der Waals surface area contributed by atoms with E-state index in [0.29, 0.717) is 28.2 Å². The summed E-state index contributed by atoms with van der Waals surface area (Å²) in [7, 11) is 1.62. The van der Waals surface area contributed by atoms with Gasteiger partial charge in [0.1, 0.15) is 0 Å². The Morgan fingerprint density at radius 1 is 0.943 bits per heavy atom. The molecule has 5 nitrogen and oxygen atoms in total. The van der Waals surface area contributed by atoms with Crippen molar-refractivity contribution in [3.8, 4) is 11.5 Å². The number of hydrogen-bond acceptors (Lipinski definition) is 5. The van der Waals surface area contributed by atoms with E-state index in [1.807, 2.05) is 86.7 Å². The molecule has 1 aliphatic rings. The lowest BCUT2D eigenvalue weighted by molar-refractivity contribution is -0.113. The number of rotatable bonds is 8. The molecule has 0 saturated carbocycles. The molecule has 1 saturated heterocycles. The molecule has 6 heteroatoms. The quantitative estimate of drug-likeness (QED) is 0.248. The summed E-state index contributed by atoms with van der Waals surface area (Å²) in [5.74, 6) is 1.25. The summed E-state index contributed by atoms with van der Waals surface area (Å²) in [4.78, 5) is 20.6. The van der Waals surface area contributed by atoms with Crippen LogP contribution < -0.4 is 14.4 Å². The van der Waals surface area contributed by atoms with Gasteiger partial charge >= 0.3 is 0 Å². The van der Waals surface area contributed by atoms with Gasteiger partial charge in [-0.15, -0.1) is 0 Å². The Bertz CT molecular complexity index is 1250. The van der Waals surface area contributed by atoms with Crippen LogP contribution in [0.2, 0.25) is 0 Å². The molecule has 3 aromatic rings. The smallest absolute Gasteiger partial charge is 0.271 e. The fourth-order valence-electron chi connectivity index (χ4n) is 3.57. The molecule has 0 aromatic heterocycles. The predicted octanol–water partition coefficient (Wildman–Crippen LogP) is 7.30. The van der Waals surface area contributed by atoms with E-state index >= 15 is 0 Å². The predicted molar refractivity (Wildman–Crippen MR) is 146 cm³/mol. The molecule has 1 aliphatic heterocycles. The Morgan fingerprint density at radius 2 is 1.63 bits per heavy atom. The van der Waals surface area contributed by atoms with Crippen LogP contribution in [0, 0.1) is 13.8 Å². The Hall–Kier alpha value is -3.51. The second-order valence-corrected chi connectivity index (χ2v) is 9.44. The molecule has 1 amide bonds. The van der Waals surface area contributed by atoms with Gasteiger partial charge in [-0.25, -0.2) is 4.99 Å². The molecule has 4 rings (SSSR count). The van der Waals surface area contributed by atoms with Crippen molar-refractivity contribution in [3.63, 3.8) is 0 Å². The SMILES string of the molecule is CCCCOc1ccc(C=C2SC(=Nc3ccc(C)cc3)N(c3ccc(C)cc3)C2=O)cc1OC. The average Bonchev–Trinajstić information content (AvgIpc) is 3.16. The topological polar surface area (TPSA) is 51.1 Å². The van der Waals surface area contributed by atoms with Crippen molar-refractivity contribution in [2.45, 2.75) is 33.6 Å². The minimum atomic E-state index is -0.105. The first-order chi connectivity index (χ1) is 17.0. The van der Waals surface area contributed by atoms with E-state index in [1.165, 1.54) is 11.8 Å². The van der Waals surface area contributed by atoms with Crippen molar-refractivity contribution >= 4 is 40.3 Å². The van der Waals surface area contributed by atoms with Crippen LogP contribution in [0.15, 0.2) is 76.6 Å². The van der Waals surface area contributed by atoms with Gasteiger partial charge in [0.05, 0.1) is 30.0 Å². The molecule has 35 heavy (non-hydrogen) atoms. The van der Waals surface area contributed by atoms with Crippen LogP contribution in [-0.4, -0.2) is 24.8 Å². The highest BCUT2D eigenvalue weighted by Crippen LogP contribution is 2.38. The van der Waals surface area contributed by atoms with Crippen molar-refractivity contribution in [1.29, 1.82) is 0 Å². The van der Waals surface area contributed by atoms with Gasteiger partial charge in [-0.3, -0.25) is 9.69 Å². The number of ether oxygens (including phenoxy) is 2. The number of aliphatic imine (C=N–C) groups is 1. The number of methoxy groups -OCH3 is 1. The van der Waals surface area contributed by atoms with E-state index in [2.05, 4.69) is 6.92 Å². The van der Waals surface area contributed by atoms with Crippen molar-refractivity contribution in [2.24, 2.45) is 4.99 Å². The fraction of sp³-hybridized carbons (Fsp3) is 0.241. The number of benzene rings is 3. The number of aryl methyl sites for hydroxylation is 2. The minimum Gasteiger partial charge on any atom is -0.493 e. The van der Waals surface area contributed by atoms with Crippen LogP contribution in [0.4, 0.5) is 11.4 Å². The normalized spacial score (nSPS) is 15.8. The molecule has 1 heterocycles. The maximum absolute atomic E-state index is 13.5. The van der Waals surface area contributed by atoms with Gasteiger partial charge in [0.15, 0.2) is 16.7 Å². The van der Waals surface area contributed by atoms with E-state index < -0.39 is 0 Å². The van der Waals surface area contributed by atoms with Gasteiger partial charge in [-0.05, 0) is 80.1 Å². The van der Waals surface area contributed by atoms with Crippen LogP contribution in [0.1, 0.15) is 36.5 Å². The largest absolute Gasteiger partial charge is 0.493 e. The first kappa shape index (κ1) is 24.6. The van der Waals surface area contributed by atoms with Crippen LogP contribution in [0.5, 0.6) is 11.5 Å². The van der Waals surface area contributed by atoms with E-state index in [9.17, 15) is 4.79 Å². The summed E-state index contributed by atoms with van der Waals surface area (Å²) in [5.41, 5.74) is 4.76. The number of carbonyl (C=O) groups is 1. The van der Waals surface area contributed by atoms with Crippen LogP contribution in [-0.2, 0) is 4.79 Å². The molecule has 0 aliphatic carbocycles. The number of anilines is 1. The third-order valence-electron chi connectivity index (χ3n) is 5.60. The maximum Gasteiger partial charge on any atom is 0.271 e. The minimum absolute atomic E-state index is 0.105. The molecule has 0 bridgehead atoms. The number of amides is 1. The van der Waals surface area contributed by atoms with Crippen LogP contribution in [0.3, 0.4) is 0 Å². The second-order valence-electron chi connectivity index (χ2n) is 8.43. The lowest BCUT2D eigenvalue weighted by atomic mass is 10.1. The summed E-state index contributed by atoms with van der Waals surface area (Å²) >= 11 is 1.37. The lowest BCUT2D eigenvalue weighted by Crippen LogP contribution is -2.28. The lowest BCUT2D eigenvalue weighted by Gasteiger charge is -2.16. The summed E-state index contributed by atoms with van der Waals surface area (Å²) in [6.07, 6.45) is 3.93. The molecule has 180 valence electrons. The summed E-state index contributed by atoms with van der Waals surface area (Å²) in [6.45, 7) is 6.84. The molecule has 0 atom stereocenters. The van der Waals surface area contributed by atoms with Crippen molar-refractivity contribution in [1.82, 2.24) is 0 Å². The van der Waals surface area contributed by atoms with Gasteiger partial charge in [0.25, 0.3) is 5.91 Å². The van der Waals surface area contributed by atoms with Crippen molar-refractivity contribution in [2.75, 3.05) is 18.6 Å². The van der Waals surface area contributed by atoms with Crippen LogP contribution >= 0.6 is 11.8 Å². The van der Waals surface area contributed by atoms with Gasteiger partial charge in [0.2, 0.25) is 0 Å². The number of carbonyl (C=O) groups excluding carboxylic acids is 1. The zero-order valence-corrected chi connectivity index (χ0v) is 21.4. The standard InChI is InChI=1S/C29H30N2O3S/c1-5-6-17-34-25-16-11-22(18-26(25)33-4)19-27-28(32)31(24-14-9-21(3)10-15-24)29(35-27)30-23-12-7-20(2)8-13-23/h7-16,18-19H,5-6,17H2,1-4H3. The molecule has 3 aromatic carbocycles. The summed E-state index contributed by atoms with van der Waals surface area (Å²) in [5, 5.41) is 0.625. The number of nitrogens with zero attached hydrogens (tertiary/aromatic N) is 2. The Labute approximate surface area is 211 Å². The van der Waals surface area contributed by atoms with Gasteiger partial charge in [-0.2, -0.15) is 0 Å². The summed E-state index contributed by atoms with van der Waals surface area (Å²) in [6, 6.07) is 21.6. The van der Waals surface area contributed by atoms with Gasteiger partial charge < -0.3 is 9.47 Å². The highest BCUT2D eigenvalue weighted by atomic mass is 32.2.